The number of benzene rings is 1. The lowest BCUT2D eigenvalue weighted by Crippen LogP contribution is -2.45. The largest absolute Gasteiger partial charge is 0.357 e. The number of nitrogens with zero attached hydrogens (tertiary/aromatic N) is 1. The molecular weight excluding hydrogens is 302 g/mol. The van der Waals surface area contributed by atoms with Crippen LogP contribution in [0.25, 0.3) is 10.9 Å². The Morgan fingerprint density at radius 2 is 2.18 bits per heavy atom. The van der Waals surface area contributed by atoms with Crippen LogP contribution in [0.1, 0.15) is 28.9 Å². The van der Waals surface area contributed by atoms with Crippen LogP contribution in [0.2, 0.25) is 5.02 Å². The monoisotopic (exact) mass is 319 g/mol. The van der Waals surface area contributed by atoms with E-state index in [1.165, 1.54) is 0 Å². The Labute approximate surface area is 133 Å². The third-order valence-electron chi connectivity index (χ3n) is 4.17. The average Bonchev–Trinajstić information content (AvgIpc) is 3.11. The van der Waals surface area contributed by atoms with Gasteiger partial charge < -0.3 is 15.2 Å². The summed E-state index contributed by atoms with van der Waals surface area (Å²) in [5.74, 6) is -0.348. The van der Waals surface area contributed by atoms with E-state index in [-0.39, 0.29) is 11.8 Å². The second kappa shape index (κ2) is 5.65. The first-order chi connectivity index (χ1) is 10.5. The van der Waals surface area contributed by atoms with Gasteiger partial charge in [-0.25, -0.2) is 0 Å². The van der Waals surface area contributed by atoms with Crippen LogP contribution in [0.15, 0.2) is 18.2 Å². The predicted octanol–water partition coefficient (Wildman–Crippen LogP) is 2.48. The van der Waals surface area contributed by atoms with Gasteiger partial charge in [0.25, 0.3) is 5.91 Å². The first-order valence-corrected chi connectivity index (χ1v) is 7.71. The molecule has 1 atom stereocenters. The van der Waals surface area contributed by atoms with E-state index >= 15 is 0 Å². The van der Waals surface area contributed by atoms with Crippen molar-refractivity contribution >= 4 is 34.3 Å². The van der Waals surface area contributed by atoms with Gasteiger partial charge in [0.1, 0.15) is 11.7 Å². The molecule has 1 aliphatic heterocycles. The summed E-state index contributed by atoms with van der Waals surface area (Å²) in [6.07, 6.45) is 1.50. The van der Waals surface area contributed by atoms with E-state index in [1.54, 1.807) is 11.9 Å². The Hall–Kier alpha value is -2.01. The molecule has 1 fully saturated rings. The highest BCUT2D eigenvalue weighted by atomic mass is 35.5. The summed E-state index contributed by atoms with van der Waals surface area (Å²) in [5, 5.41) is 3.87. The molecule has 3 rings (SSSR count). The maximum atomic E-state index is 12.8. The van der Waals surface area contributed by atoms with Crippen LogP contribution in [0.4, 0.5) is 0 Å². The number of hydrogen-bond donors (Lipinski definition) is 2. The van der Waals surface area contributed by atoms with Gasteiger partial charge in [-0.15, -0.1) is 0 Å². The fourth-order valence-corrected chi connectivity index (χ4v) is 3.30. The van der Waals surface area contributed by atoms with Gasteiger partial charge in [0, 0.05) is 24.5 Å². The summed E-state index contributed by atoms with van der Waals surface area (Å²) in [5.41, 5.74) is 2.27. The molecule has 1 aromatic carbocycles. The van der Waals surface area contributed by atoms with E-state index < -0.39 is 6.04 Å². The van der Waals surface area contributed by atoms with Crippen molar-refractivity contribution in [2.45, 2.75) is 25.8 Å². The molecule has 22 heavy (non-hydrogen) atoms. The molecule has 2 aromatic rings. The number of aryl methyl sites for hydroxylation is 1. The Bertz CT molecular complexity index is 753. The molecule has 0 unspecified atom stereocenters. The quantitative estimate of drug-likeness (QED) is 0.893. The standard InChI is InChI=1S/C16H18ClN3O2/c1-9-5-6-11-10(8-9)13(17)14(19-11)16(22)20-7-3-4-12(20)15(21)18-2/h5-6,8,12,19H,3-4,7H2,1-2H3,(H,18,21)/t12-/m1/s1. The first kappa shape index (κ1) is 14.9. The summed E-state index contributed by atoms with van der Waals surface area (Å²) < 4.78 is 0. The van der Waals surface area contributed by atoms with Crippen LogP contribution in [0.3, 0.4) is 0 Å². The van der Waals surface area contributed by atoms with Gasteiger partial charge >= 0.3 is 0 Å². The molecule has 2 heterocycles. The van der Waals surface area contributed by atoms with Crippen molar-refractivity contribution in [1.82, 2.24) is 15.2 Å². The average molecular weight is 320 g/mol. The van der Waals surface area contributed by atoms with Crippen molar-refractivity contribution < 1.29 is 9.59 Å². The van der Waals surface area contributed by atoms with Crippen molar-refractivity contribution in [3.8, 4) is 0 Å². The van der Waals surface area contributed by atoms with Gasteiger partial charge in [-0.05, 0) is 31.9 Å². The number of fused-ring (bicyclic) bond motifs is 1. The molecule has 2 N–H and O–H groups in total. The van der Waals surface area contributed by atoms with Crippen molar-refractivity contribution in [2.75, 3.05) is 13.6 Å². The Balaban J connectivity index is 1.98. The number of nitrogens with one attached hydrogen (secondary N) is 2. The summed E-state index contributed by atoms with van der Waals surface area (Å²) in [7, 11) is 1.59. The second-order valence-electron chi connectivity index (χ2n) is 5.63. The van der Waals surface area contributed by atoms with Gasteiger partial charge in [-0.1, -0.05) is 23.2 Å². The third-order valence-corrected chi connectivity index (χ3v) is 4.56. The topological polar surface area (TPSA) is 65.2 Å². The highest BCUT2D eigenvalue weighted by Crippen LogP contribution is 2.30. The molecular formula is C16H18ClN3O2. The number of amides is 2. The molecule has 1 saturated heterocycles. The first-order valence-electron chi connectivity index (χ1n) is 7.33. The van der Waals surface area contributed by atoms with Gasteiger partial charge in [0.2, 0.25) is 5.91 Å². The molecule has 1 aliphatic rings. The number of carbonyl (C=O) groups is 2. The lowest BCUT2D eigenvalue weighted by atomic mass is 10.2. The van der Waals surface area contributed by atoms with Crippen LogP contribution >= 0.6 is 11.6 Å². The van der Waals surface area contributed by atoms with Crippen molar-refractivity contribution in [2.24, 2.45) is 0 Å². The van der Waals surface area contributed by atoms with Gasteiger partial charge in [0.05, 0.1) is 5.02 Å². The van der Waals surface area contributed by atoms with E-state index in [1.807, 2.05) is 25.1 Å². The normalized spacial score (nSPS) is 18.0. The SMILES string of the molecule is CNC(=O)[C@H]1CCCN1C(=O)c1[nH]c2ccc(C)cc2c1Cl. The fraction of sp³-hybridized carbons (Fsp3) is 0.375. The van der Waals surface area contributed by atoms with E-state index in [4.69, 9.17) is 11.6 Å². The summed E-state index contributed by atoms with van der Waals surface area (Å²) in [6.45, 7) is 2.55. The van der Waals surface area contributed by atoms with Crippen molar-refractivity contribution in [1.29, 1.82) is 0 Å². The van der Waals surface area contributed by atoms with E-state index in [0.29, 0.717) is 23.7 Å². The molecule has 6 heteroatoms. The minimum atomic E-state index is -0.415. The molecule has 2 amide bonds. The van der Waals surface area contributed by atoms with Gasteiger partial charge in [-0.2, -0.15) is 0 Å². The van der Waals surface area contributed by atoms with Crippen molar-refractivity contribution in [3.05, 3.63) is 34.5 Å². The van der Waals surface area contributed by atoms with E-state index in [0.717, 1.165) is 22.9 Å². The number of rotatable bonds is 2. The zero-order chi connectivity index (χ0) is 15.9. The molecule has 0 radical (unpaired) electrons. The molecule has 0 aliphatic carbocycles. The molecule has 0 spiro atoms. The molecule has 5 nitrogen and oxygen atoms in total. The minimum absolute atomic E-state index is 0.131. The molecule has 0 bridgehead atoms. The molecule has 116 valence electrons. The third kappa shape index (κ3) is 2.35. The number of aromatic amines is 1. The van der Waals surface area contributed by atoms with Crippen LogP contribution in [-0.4, -0.2) is 41.3 Å². The summed E-state index contributed by atoms with van der Waals surface area (Å²) >= 11 is 6.38. The second-order valence-corrected chi connectivity index (χ2v) is 6.01. The Kier molecular flexibility index (Phi) is 3.83. The van der Waals surface area contributed by atoms with Crippen LogP contribution in [-0.2, 0) is 4.79 Å². The van der Waals surface area contributed by atoms with Gasteiger partial charge in [0.15, 0.2) is 0 Å². The van der Waals surface area contributed by atoms with Crippen molar-refractivity contribution in [3.63, 3.8) is 0 Å². The Morgan fingerprint density at radius 3 is 2.91 bits per heavy atom. The zero-order valence-corrected chi connectivity index (χ0v) is 13.3. The smallest absolute Gasteiger partial charge is 0.272 e. The van der Waals surface area contributed by atoms with E-state index in [2.05, 4.69) is 10.3 Å². The fourth-order valence-electron chi connectivity index (χ4n) is 3.01. The zero-order valence-electron chi connectivity index (χ0n) is 12.6. The van der Waals surface area contributed by atoms with Crippen LogP contribution in [0.5, 0.6) is 0 Å². The number of hydrogen-bond acceptors (Lipinski definition) is 2. The number of likely N-dealkylation sites (N-methyl/N-ethyl adjacent to an activating group) is 1. The highest BCUT2D eigenvalue weighted by molar-refractivity contribution is 6.38. The molecule has 0 saturated carbocycles. The summed E-state index contributed by atoms with van der Waals surface area (Å²) in [4.78, 5) is 29.4. The number of aromatic nitrogens is 1. The predicted molar refractivity (Wildman–Crippen MR) is 86.2 cm³/mol. The van der Waals surface area contributed by atoms with Crippen LogP contribution < -0.4 is 5.32 Å². The number of likely N-dealkylation sites (tertiary alicyclic amines) is 1. The maximum absolute atomic E-state index is 12.8. The number of halogens is 1. The Morgan fingerprint density at radius 1 is 1.41 bits per heavy atom. The number of H-pyrrole nitrogens is 1. The lowest BCUT2D eigenvalue weighted by molar-refractivity contribution is -0.124. The van der Waals surface area contributed by atoms with Gasteiger partial charge in [-0.3, -0.25) is 9.59 Å². The summed E-state index contributed by atoms with van der Waals surface area (Å²) in [6, 6.07) is 5.41. The minimum Gasteiger partial charge on any atom is -0.357 e. The number of carbonyl (C=O) groups excluding carboxylic acids is 2. The lowest BCUT2D eigenvalue weighted by Gasteiger charge is -2.22. The maximum Gasteiger partial charge on any atom is 0.272 e. The molecule has 1 aromatic heterocycles. The van der Waals surface area contributed by atoms with Crippen LogP contribution in [0, 0.1) is 6.92 Å². The van der Waals surface area contributed by atoms with E-state index in [9.17, 15) is 9.59 Å². The highest BCUT2D eigenvalue weighted by Gasteiger charge is 2.35.